The van der Waals surface area contributed by atoms with Crippen LogP contribution >= 0.6 is 0 Å². The van der Waals surface area contributed by atoms with Crippen LogP contribution in [0.2, 0.25) is 0 Å². The van der Waals surface area contributed by atoms with Crippen LogP contribution in [0.4, 0.5) is 5.95 Å². The molecule has 0 unspecified atom stereocenters. The van der Waals surface area contributed by atoms with E-state index >= 15 is 0 Å². The molecule has 8 heteroatoms. The average molecular weight is 529 g/mol. The third kappa shape index (κ3) is 4.45. The monoisotopic (exact) mass is 528 g/mol. The summed E-state index contributed by atoms with van der Waals surface area (Å²) in [4.78, 5) is 24.4. The fourth-order valence-electron chi connectivity index (χ4n) is 6.63. The molecule has 8 nitrogen and oxygen atoms in total. The lowest BCUT2D eigenvalue weighted by atomic mass is 9.94. The number of carbonyl (C=O) groups excluding carboxylic acids is 1. The van der Waals surface area contributed by atoms with Crippen molar-refractivity contribution in [1.82, 2.24) is 15.3 Å². The van der Waals surface area contributed by atoms with Crippen molar-refractivity contribution < 1.29 is 19.0 Å². The van der Waals surface area contributed by atoms with Gasteiger partial charge in [0.2, 0.25) is 5.95 Å². The standard InChI is InChI=1S/C31H36N4O4/c1-19-6-5-7-24(28(19)39-17-21-12-20(2)25-15-32-10-8-22(25)13-21)26-9-11-33-30(34-26)35-16-23-14-31(23,29(36)38-4)27(35)18-37-3/h5-7,9,11-13,23,27,32H,8,10,14-18H2,1-4H3/t23-,27+,31+/m0/s1. The van der Waals surface area contributed by atoms with Crippen LogP contribution in [0.15, 0.2) is 42.6 Å². The molecule has 3 atom stereocenters. The Balaban J connectivity index is 1.28. The van der Waals surface area contributed by atoms with E-state index in [1.54, 1.807) is 13.3 Å². The van der Waals surface area contributed by atoms with Crippen LogP contribution in [-0.4, -0.2) is 55.9 Å². The van der Waals surface area contributed by atoms with Gasteiger partial charge in [0.1, 0.15) is 12.4 Å². The van der Waals surface area contributed by atoms with E-state index in [1.807, 2.05) is 18.2 Å². The molecule has 2 aromatic carbocycles. The number of rotatable bonds is 8. The number of anilines is 1. The fraction of sp³-hybridized carbons (Fsp3) is 0.452. The predicted molar refractivity (Wildman–Crippen MR) is 149 cm³/mol. The molecule has 3 heterocycles. The molecule has 1 saturated heterocycles. The second-order valence-corrected chi connectivity index (χ2v) is 11.0. The molecule has 0 amide bonds. The molecule has 6 rings (SSSR count). The van der Waals surface area contributed by atoms with Gasteiger partial charge in [0, 0.05) is 32.0 Å². The fourth-order valence-corrected chi connectivity index (χ4v) is 6.63. The second kappa shape index (κ2) is 10.2. The Morgan fingerprint density at radius 2 is 2.05 bits per heavy atom. The van der Waals surface area contributed by atoms with Crippen LogP contribution in [-0.2, 0) is 33.8 Å². The van der Waals surface area contributed by atoms with Crippen LogP contribution in [0.5, 0.6) is 5.75 Å². The van der Waals surface area contributed by atoms with Crippen LogP contribution in [0.1, 0.15) is 34.2 Å². The summed E-state index contributed by atoms with van der Waals surface area (Å²) in [6, 6.07) is 12.4. The lowest BCUT2D eigenvalue weighted by Gasteiger charge is -2.30. The van der Waals surface area contributed by atoms with E-state index < -0.39 is 5.41 Å². The number of fused-ring (bicyclic) bond motifs is 2. The summed E-state index contributed by atoms with van der Waals surface area (Å²) in [6.45, 7) is 7.80. The van der Waals surface area contributed by atoms with Gasteiger partial charge in [0.25, 0.3) is 0 Å². The molecule has 1 N–H and O–H groups in total. The minimum absolute atomic E-state index is 0.161. The SMILES string of the molecule is COC[C@H]1N(c2nccc(-c3cccc(C)c3OCc3cc(C)c4c(c3)CCNC4)n2)C[C@@H]2C[C@@]21C(=O)OC. The Labute approximate surface area is 229 Å². The number of hydrogen-bond donors (Lipinski definition) is 1. The number of benzene rings is 2. The molecule has 0 bridgehead atoms. The minimum atomic E-state index is -0.537. The molecule has 3 aromatic rings. The number of carbonyl (C=O) groups is 1. The van der Waals surface area contributed by atoms with Gasteiger partial charge in [0.15, 0.2) is 0 Å². The normalized spacial score (nSPS) is 23.2. The van der Waals surface area contributed by atoms with Gasteiger partial charge in [-0.25, -0.2) is 9.97 Å². The highest BCUT2D eigenvalue weighted by atomic mass is 16.5. The van der Waals surface area contributed by atoms with Crippen molar-refractivity contribution in [3.63, 3.8) is 0 Å². The highest BCUT2D eigenvalue weighted by Gasteiger charge is 2.71. The molecule has 39 heavy (non-hydrogen) atoms. The number of nitrogens with zero attached hydrogens (tertiary/aromatic N) is 3. The van der Waals surface area contributed by atoms with Gasteiger partial charge in [-0.1, -0.05) is 24.3 Å². The number of piperidine rings is 1. The smallest absolute Gasteiger partial charge is 0.314 e. The topological polar surface area (TPSA) is 85.8 Å². The van der Waals surface area contributed by atoms with Crippen molar-refractivity contribution in [2.24, 2.45) is 11.3 Å². The van der Waals surface area contributed by atoms with Gasteiger partial charge in [-0.05, 0) is 79.1 Å². The zero-order valence-corrected chi connectivity index (χ0v) is 23.1. The Bertz CT molecular complexity index is 1410. The van der Waals surface area contributed by atoms with Crippen molar-refractivity contribution in [3.8, 4) is 17.0 Å². The minimum Gasteiger partial charge on any atom is -0.488 e. The molecule has 1 saturated carbocycles. The van der Waals surface area contributed by atoms with Gasteiger partial charge in [-0.15, -0.1) is 0 Å². The van der Waals surface area contributed by atoms with E-state index in [0.29, 0.717) is 25.7 Å². The number of methoxy groups -OCH3 is 2. The van der Waals surface area contributed by atoms with E-state index in [4.69, 9.17) is 19.2 Å². The Morgan fingerprint density at radius 1 is 1.18 bits per heavy atom. The summed E-state index contributed by atoms with van der Waals surface area (Å²) < 4.78 is 17.2. The number of aromatic nitrogens is 2. The van der Waals surface area contributed by atoms with Crippen molar-refractivity contribution in [2.45, 2.75) is 45.9 Å². The second-order valence-electron chi connectivity index (χ2n) is 11.0. The van der Waals surface area contributed by atoms with Gasteiger partial charge in [0.05, 0.1) is 30.9 Å². The van der Waals surface area contributed by atoms with Gasteiger partial charge >= 0.3 is 5.97 Å². The first-order chi connectivity index (χ1) is 19.0. The molecule has 1 aliphatic carbocycles. The van der Waals surface area contributed by atoms with E-state index in [0.717, 1.165) is 48.5 Å². The lowest BCUT2D eigenvalue weighted by molar-refractivity contribution is -0.148. The summed E-state index contributed by atoms with van der Waals surface area (Å²) in [6.07, 6.45) is 3.64. The molecule has 3 aliphatic rings. The van der Waals surface area contributed by atoms with Gasteiger partial charge in [-0.2, -0.15) is 0 Å². The van der Waals surface area contributed by atoms with Crippen LogP contribution in [0.25, 0.3) is 11.3 Å². The first kappa shape index (κ1) is 25.8. The van der Waals surface area contributed by atoms with Crippen LogP contribution < -0.4 is 15.0 Å². The number of para-hydroxylation sites is 1. The number of ether oxygens (including phenoxy) is 3. The predicted octanol–water partition coefficient (Wildman–Crippen LogP) is 4.00. The summed E-state index contributed by atoms with van der Waals surface area (Å²) in [5, 5.41) is 3.47. The lowest BCUT2D eigenvalue weighted by Crippen LogP contribution is -2.44. The van der Waals surface area contributed by atoms with Crippen molar-refractivity contribution in [1.29, 1.82) is 0 Å². The quantitative estimate of drug-likeness (QED) is 0.439. The molecular weight excluding hydrogens is 492 g/mol. The maximum absolute atomic E-state index is 12.7. The third-order valence-corrected chi connectivity index (χ3v) is 8.70. The maximum Gasteiger partial charge on any atom is 0.314 e. The number of esters is 1. The summed E-state index contributed by atoms with van der Waals surface area (Å²) in [7, 11) is 3.12. The molecule has 0 spiro atoms. The Kier molecular flexibility index (Phi) is 6.77. The maximum atomic E-state index is 12.7. The molecule has 2 aliphatic heterocycles. The Hall–Kier alpha value is -3.49. The molecule has 2 fully saturated rings. The van der Waals surface area contributed by atoms with Crippen molar-refractivity contribution in [2.75, 3.05) is 38.8 Å². The summed E-state index contributed by atoms with van der Waals surface area (Å²) >= 11 is 0. The molecule has 1 aromatic heterocycles. The van der Waals surface area contributed by atoms with Crippen LogP contribution in [0, 0.1) is 25.2 Å². The van der Waals surface area contributed by atoms with Gasteiger partial charge in [-0.3, -0.25) is 4.79 Å². The van der Waals surface area contributed by atoms with E-state index in [-0.39, 0.29) is 17.9 Å². The van der Waals surface area contributed by atoms with E-state index in [2.05, 4.69) is 47.2 Å². The molecule has 0 radical (unpaired) electrons. The zero-order valence-electron chi connectivity index (χ0n) is 23.1. The number of hydrogen-bond acceptors (Lipinski definition) is 8. The number of nitrogens with one attached hydrogen (secondary N) is 1. The first-order valence-corrected chi connectivity index (χ1v) is 13.7. The highest BCUT2D eigenvalue weighted by molar-refractivity contribution is 5.84. The zero-order chi connectivity index (χ0) is 27.1. The summed E-state index contributed by atoms with van der Waals surface area (Å²) in [5.41, 5.74) is 7.54. The number of aryl methyl sites for hydroxylation is 2. The van der Waals surface area contributed by atoms with E-state index in [1.165, 1.54) is 29.4 Å². The average Bonchev–Trinajstić information content (AvgIpc) is 3.60. The summed E-state index contributed by atoms with van der Waals surface area (Å²) in [5.74, 6) is 1.47. The van der Waals surface area contributed by atoms with Crippen molar-refractivity contribution >= 4 is 11.9 Å². The highest BCUT2D eigenvalue weighted by Crippen LogP contribution is 2.62. The Morgan fingerprint density at radius 3 is 2.87 bits per heavy atom. The van der Waals surface area contributed by atoms with Crippen LogP contribution in [0.3, 0.4) is 0 Å². The largest absolute Gasteiger partial charge is 0.488 e. The van der Waals surface area contributed by atoms with Crippen molar-refractivity contribution in [3.05, 3.63) is 70.4 Å². The molecular formula is C31H36N4O4. The molecule has 204 valence electrons. The van der Waals surface area contributed by atoms with E-state index in [9.17, 15) is 4.79 Å². The van der Waals surface area contributed by atoms with Gasteiger partial charge < -0.3 is 24.4 Å². The first-order valence-electron chi connectivity index (χ1n) is 13.7. The third-order valence-electron chi connectivity index (χ3n) is 8.70.